The Morgan fingerprint density at radius 2 is 1.82 bits per heavy atom. The number of carbonyl (C=O) groups is 1. The van der Waals surface area contributed by atoms with E-state index >= 15 is 0 Å². The van der Waals surface area contributed by atoms with E-state index in [9.17, 15) is 23.3 Å². The van der Waals surface area contributed by atoms with Crippen LogP contribution in [0.3, 0.4) is 0 Å². The third kappa shape index (κ3) is 11.3. The van der Waals surface area contributed by atoms with Gasteiger partial charge in [0.1, 0.15) is 17.0 Å². The number of sulfonamides is 1. The van der Waals surface area contributed by atoms with Crippen molar-refractivity contribution >= 4 is 72.6 Å². The quantitative estimate of drug-likeness (QED) is 0.0841. The number of amides is 1. The lowest BCUT2D eigenvalue weighted by molar-refractivity contribution is -0.384. The molecule has 0 bridgehead atoms. The van der Waals surface area contributed by atoms with Crippen molar-refractivity contribution in [3.63, 3.8) is 0 Å². The molecule has 73 heavy (non-hydrogen) atoms. The van der Waals surface area contributed by atoms with Crippen LogP contribution >= 0.6 is 11.6 Å². The zero-order valence-electron chi connectivity index (χ0n) is 41.4. The molecule has 1 amide bonds. The normalized spacial score (nSPS) is 23.0. The number of allylic oxidation sites excluding steroid dienone is 1. The Hall–Kier alpha value is -5.80. The van der Waals surface area contributed by atoms with Crippen molar-refractivity contribution in [3.05, 3.63) is 111 Å². The van der Waals surface area contributed by atoms with Crippen LogP contribution < -0.4 is 24.6 Å². The molecule has 3 aromatic carbocycles. The number of nitro groups is 1. The van der Waals surface area contributed by atoms with Gasteiger partial charge in [0.05, 0.1) is 65.2 Å². The minimum Gasteiger partial charge on any atom is -0.476 e. The predicted molar refractivity (Wildman–Crippen MR) is 280 cm³/mol. The molecule has 2 aromatic heterocycles. The number of aromatic nitrogens is 2. The topological polar surface area (TPSA) is 203 Å². The molecular weight excluding hydrogens is 976 g/mol. The van der Waals surface area contributed by atoms with Crippen molar-refractivity contribution in [2.24, 2.45) is 5.41 Å². The first-order valence-electron chi connectivity index (χ1n) is 25.1. The summed E-state index contributed by atoms with van der Waals surface area (Å²) in [6.45, 7) is 10.5. The zero-order valence-corrected chi connectivity index (χ0v) is 43.0. The van der Waals surface area contributed by atoms with Gasteiger partial charge in [-0.2, -0.15) is 4.98 Å². The molecular formula is C53H63ClN8O10S. The molecule has 0 saturated carbocycles. The van der Waals surface area contributed by atoms with E-state index in [1.54, 1.807) is 19.4 Å². The first kappa shape index (κ1) is 50.7. The van der Waals surface area contributed by atoms with Gasteiger partial charge in [0.2, 0.25) is 5.88 Å². The van der Waals surface area contributed by atoms with Crippen LogP contribution in [0.1, 0.15) is 68.3 Å². The minimum absolute atomic E-state index is 0.00579. The Balaban J connectivity index is 0.955. The largest absolute Gasteiger partial charge is 0.476 e. The van der Waals surface area contributed by atoms with Crippen molar-refractivity contribution in [2.45, 2.75) is 81.6 Å². The number of nitrogens with zero attached hydrogens (tertiary/aromatic N) is 5. The average molecular weight is 1040 g/mol. The summed E-state index contributed by atoms with van der Waals surface area (Å²) in [7, 11) is -3.01. The van der Waals surface area contributed by atoms with E-state index in [0.29, 0.717) is 93.4 Å². The Morgan fingerprint density at radius 1 is 0.973 bits per heavy atom. The van der Waals surface area contributed by atoms with Gasteiger partial charge in [0.25, 0.3) is 21.6 Å². The smallest absolute Gasteiger partial charge is 0.293 e. The molecule has 4 aliphatic heterocycles. The third-order valence-corrected chi connectivity index (χ3v) is 16.3. The first-order valence-corrected chi connectivity index (χ1v) is 27.0. The summed E-state index contributed by atoms with van der Waals surface area (Å²) in [5.74, 6) is -0.535. The lowest BCUT2D eigenvalue weighted by atomic mass is 9.71. The number of ether oxygens (including phenoxy) is 5. The van der Waals surface area contributed by atoms with Gasteiger partial charge < -0.3 is 43.8 Å². The molecule has 0 spiro atoms. The molecule has 3 N–H and O–H groups in total. The first-order chi connectivity index (χ1) is 35.2. The summed E-state index contributed by atoms with van der Waals surface area (Å²) in [6, 6.07) is 21.0. The number of fused-ring (bicyclic) bond motifs is 4. The predicted octanol–water partition coefficient (Wildman–Crippen LogP) is 8.34. The van der Waals surface area contributed by atoms with Crippen LogP contribution in [-0.2, 0) is 29.0 Å². The highest BCUT2D eigenvalue weighted by Gasteiger charge is 2.39. The van der Waals surface area contributed by atoms with Gasteiger partial charge in [-0.05, 0) is 115 Å². The molecule has 10 rings (SSSR count). The summed E-state index contributed by atoms with van der Waals surface area (Å²) >= 11 is 6.38. The second-order valence-electron chi connectivity index (χ2n) is 20.3. The molecule has 20 heteroatoms. The number of carbonyl (C=O) groups excluding carboxylic acids is 1. The number of hydrogen-bond donors (Lipinski definition) is 3. The van der Waals surface area contributed by atoms with Crippen molar-refractivity contribution < 1.29 is 41.8 Å². The van der Waals surface area contributed by atoms with Crippen LogP contribution in [-0.4, -0.2) is 138 Å². The van der Waals surface area contributed by atoms with Crippen LogP contribution in [0.25, 0.3) is 16.6 Å². The fourth-order valence-corrected chi connectivity index (χ4v) is 11.9. The monoisotopic (exact) mass is 1040 g/mol. The van der Waals surface area contributed by atoms with Crippen molar-refractivity contribution in [1.82, 2.24) is 19.6 Å². The highest BCUT2D eigenvalue weighted by Crippen LogP contribution is 2.46. The van der Waals surface area contributed by atoms with Crippen molar-refractivity contribution in [2.75, 3.05) is 94.5 Å². The summed E-state index contributed by atoms with van der Waals surface area (Å²) in [5.41, 5.74) is 6.10. The van der Waals surface area contributed by atoms with Crippen LogP contribution in [0.2, 0.25) is 5.02 Å². The van der Waals surface area contributed by atoms with E-state index in [1.165, 1.54) is 23.3 Å². The standard InChI is InChI=1S/C53H63ClN8O10S/c1-53(2)27-43(34-6-8-36(54)9-7-34)44-31-60-20-19-59(30-38(60)32-69-21-5-23-70-49(44)28-53)37-10-14-42(46(25-37)61-18-4-22-71-52-48(61)24-35-16-17-55-50(35)57-52)51(63)58-73(66,67)41-13-15-45(47(26-41)62(64)65)56-29-39-11-12-40(68-3)33-72-39/h6-10,13-17,24-26,38-40,49,56H,4-5,11-12,18-23,27-33H2,1-3H3,(H,55,57)(H,58,63)/t38-,39-,40?,49+/m0/s1. The number of piperazine rings is 1. The summed E-state index contributed by atoms with van der Waals surface area (Å²) in [6.07, 6.45) is 6.20. The number of nitrogens with one attached hydrogen (secondary N) is 3. The maximum Gasteiger partial charge on any atom is 0.293 e. The SMILES string of the molecule is COC1CC[C@@H](CNc2ccc(S(=O)(=O)NC(=O)c3ccc(N4CCN5CC6=C(c7ccc(Cl)cc7)CC(C)(C)C[C@H]6OCCCOC[C@@H]5C4)cc3N3CCCOc4nc5[nH]ccc5cc43)cc2[N+](=O)[O-])OC1. The number of methoxy groups -OCH3 is 1. The molecule has 3 fully saturated rings. The van der Waals surface area contributed by atoms with Gasteiger partial charge >= 0.3 is 0 Å². The maximum atomic E-state index is 14.6. The van der Waals surface area contributed by atoms with Gasteiger partial charge in [-0.25, -0.2) is 13.1 Å². The summed E-state index contributed by atoms with van der Waals surface area (Å²) < 4.78 is 61.0. The number of benzene rings is 3. The van der Waals surface area contributed by atoms with Crippen molar-refractivity contribution in [3.8, 4) is 5.88 Å². The number of anilines is 4. The number of H-pyrrole nitrogens is 1. The van der Waals surface area contributed by atoms with E-state index in [4.69, 9.17) is 40.3 Å². The molecule has 5 aliphatic rings. The lowest BCUT2D eigenvalue weighted by Crippen LogP contribution is -2.56. The number of hydrogen-bond acceptors (Lipinski definition) is 15. The minimum atomic E-state index is -4.64. The van der Waals surface area contributed by atoms with Crippen molar-refractivity contribution in [1.29, 1.82) is 0 Å². The molecule has 3 saturated heterocycles. The number of aromatic amines is 1. The van der Waals surface area contributed by atoms with E-state index in [-0.39, 0.29) is 47.6 Å². The second kappa shape index (κ2) is 21.6. The molecule has 4 atom stereocenters. The summed E-state index contributed by atoms with van der Waals surface area (Å²) in [5, 5.41) is 16.9. The summed E-state index contributed by atoms with van der Waals surface area (Å²) in [4.78, 5) is 40.6. The molecule has 6 heterocycles. The van der Waals surface area contributed by atoms with Crippen LogP contribution in [0, 0.1) is 15.5 Å². The molecule has 5 aromatic rings. The van der Waals surface area contributed by atoms with Gasteiger partial charge in [0, 0.05) is 88.0 Å². The van der Waals surface area contributed by atoms with E-state index in [2.05, 4.69) is 50.8 Å². The Labute approximate surface area is 430 Å². The average Bonchev–Trinajstić information content (AvgIpc) is 3.73. The lowest BCUT2D eigenvalue weighted by Gasteiger charge is -2.45. The van der Waals surface area contributed by atoms with E-state index in [0.717, 1.165) is 61.5 Å². The van der Waals surface area contributed by atoms with Gasteiger partial charge in [0.15, 0.2) is 0 Å². The third-order valence-electron chi connectivity index (χ3n) is 14.7. The number of rotatable bonds is 11. The molecule has 0 radical (unpaired) electrons. The zero-order chi connectivity index (χ0) is 50.9. The molecule has 1 unspecified atom stereocenters. The highest BCUT2D eigenvalue weighted by molar-refractivity contribution is 7.90. The number of pyridine rings is 1. The van der Waals surface area contributed by atoms with Crippen LogP contribution in [0.15, 0.2) is 89.5 Å². The van der Waals surface area contributed by atoms with E-state index in [1.807, 2.05) is 41.3 Å². The number of halogens is 1. The molecule has 18 nitrogen and oxygen atoms in total. The Morgan fingerprint density at radius 3 is 2.62 bits per heavy atom. The molecule has 1 aliphatic carbocycles. The number of nitro benzene ring substituents is 1. The van der Waals surface area contributed by atoms with Crippen LogP contribution in [0.5, 0.6) is 5.88 Å². The fourth-order valence-electron chi connectivity index (χ4n) is 10.8. The van der Waals surface area contributed by atoms with Gasteiger partial charge in [-0.3, -0.25) is 19.8 Å². The molecule has 388 valence electrons. The maximum absolute atomic E-state index is 14.6. The highest BCUT2D eigenvalue weighted by atomic mass is 35.5. The fraction of sp³-hybridized carbons (Fsp3) is 0.472. The van der Waals surface area contributed by atoms with Crippen LogP contribution in [0.4, 0.5) is 28.4 Å². The Bertz CT molecular complexity index is 2980. The Kier molecular flexibility index (Phi) is 15.0. The van der Waals surface area contributed by atoms with E-state index < -0.39 is 31.4 Å². The van der Waals surface area contributed by atoms with Gasteiger partial charge in [-0.15, -0.1) is 0 Å². The van der Waals surface area contributed by atoms with Gasteiger partial charge in [-0.1, -0.05) is 37.6 Å². The second-order valence-corrected chi connectivity index (χ2v) is 22.5.